The number of nitrogens with zero attached hydrogens (tertiary/aromatic N) is 2. The van der Waals surface area contributed by atoms with Gasteiger partial charge in [-0.1, -0.05) is 36.0 Å². The molecule has 2 aromatic rings. The lowest BCUT2D eigenvalue weighted by Gasteiger charge is -2.29. The van der Waals surface area contributed by atoms with Crippen LogP contribution in [0.5, 0.6) is 0 Å². The summed E-state index contributed by atoms with van der Waals surface area (Å²) in [6.07, 6.45) is 3.74. The first-order valence-electron chi connectivity index (χ1n) is 8.09. The van der Waals surface area contributed by atoms with Crippen LogP contribution in [0.25, 0.3) is 0 Å². The van der Waals surface area contributed by atoms with Gasteiger partial charge in [0.1, 0.15) is 5.44 Å². The molecule has 0 aliphatic carbocycles. The third-order valence-corrected chi connectivity index (χ3v) is 6.33. The fourth-order valence-electron chi connectivity index (χ4n) is 2.53. The van der Waals surface area contributed by atoms with E-state index in [1.807, 2.05) is 49.4 Å². The molecule has 0 saturated heterocycles. The summed E-state index contributed by atoms with van der Waals surface area (Å²) in [6, 6.07) is 13.6. The third kappa shape index (κ3) is 4.88. The molecule has 7 nitrogen and oxygen atoms in total. The second-order valence-corrected chi connectivity index (χ2v) is 8.17. The van der Waals surface area contributed by atoms with Crippen LogP contribution in [0, 0.1) is 20.2 Å². The lowest BCUT2D eigenvalue weighted by molar-refractivity contribution is -0.396. The highest BCUT2D eigenvalue weighted by Crippen LogP contribution is 2.39. The molecule has 0 unspecified atom stereocenters. The van der Waals surface area contributed by atoms with Gasteiger partial charge >= 0.3 is 0 Å². The highest BCUT2D eigenvalue weighted by Gasteiger charge is 2.28. The van der Waals surface area contributed by atoms with E-state index in [2.05, 4.69) is 0 Å². The van der Waals surface area contributed by atoms with E-state index in [1.165, 1.54) is 23.9 Å². The number of rotatable bonds is 6. The first kappa shape index (κ1) is 19.4. The summed E-state index contributed by atoms with van der Waals surface area (Å²) in [5.41, 5.74) is -0.699. The van der Waals surface area contributed by atoms with E-state index < -0.39 is 9.85 Å². The highest BCUT2D eigenvalue weighted by atomic mass is 32.2. The summed E-state index contributed by atoms with van der Waals surface area (Å²) in [7, 11) is 0. The maximum Gasteiger partial charge on any atom is 0.289 e. The zero-order chi connectivity index (χ0) is 19.4. The zero-order valence-corrected chi connectivity index (χ0v) is 15.9. The number of non-ortho nitro benzene ring substituents is 1. The normalized spacial score (nSPS) is 21.7. The minimum atomic E-state index is -0.640. The molecule has 1 heterocycles. The van der Waals surface area contributed by atoms with E-state index in [0.29, 0.717) is 4.90 Å². The second-order valence-electron chi connectivity index (χ2n) is 5.77. The molecular weight excluding hydrogens is 388 g/mol. The Kier molecular flexibility index (Phi) is 6.15. The van der Waals surface area contributed by atoms with Gasteiger partial charge in [0.25, 0.3) is 11.4 Å². The summed E-state index contributed by atoms with van der Waals surface area (Å²) in [6.45, 7) is 1.91. The predicted molar refractivity (Wildman–Crippen MR) is 105 cm³/mol. The van der Waals surface area contributed by atoms with E-state index in [9.17, 15) is 20.2 Å². The summed E-state index contributed by atoms with van der Waals surface area (Å²) in [4.78, 5) is 22.4. The van der Waals surface area contributed by atoms with Crippen molar-refractivity contribution in [3.8, 4) is 0 Å². The Balaban J connectivity index is 1.74. The van der Waals surface area contributed by atoms with Crippen molar-refractivity contribution in [2.45, 2.75) is 33.5 Å². The fourth-order valence-corrected chi connectivity index (χ4v) is 4.64. The van der Waals surface area contributed by atoms with Crippen molar-refractivity contribution >= 4 is 34.9 Å². The molecule has 27 heavy (non-hydrogen) atoms. The van der Waals surface area contributed by atoms with Gasteiger partial charge in [-0.3, -0.25) is 20.2 Å². The SMILES string of the molecule is C[C@H]1O[C@H](Sc2ccccc2)C=C[C@@H]1Sc1ccc([N+](=O)[O-])cc1[N+](=O)[O-]. The Morgan fingerprint density at radius 2 is 1.70 bits per heavy atom. The van der Waals surface area contributed by atoms with Gasteiger partial charge in [-0.2, -0.15) is 0 Å². The average Bonchev–Trinajstić information content (AvgIpc) is 2.64. The van der Waals surface area contributed by atoms with Crippen LogP contribution >= 0.6 is 23.5 Å². The minimum absolute atomic E-state index is 0.127. The molecular formula is C18H16N2O5S2. The molecule has 2 aromatic carbocycles. The number of benzene rings is 2. The monoisotopic (exact) mass is 404 g/mol. The number of nitro groups is 2. The summed E-state index contributed by atoms with van der Waals surface area (Å²) >= 11 is 2.86. The van der Waals surface area contributed by atoms with Crippen LogP contribution in [-0.4, -0.2) is 26.6 Å². The Hall–Kier alpha value is -2.36. The molecule has 1 aliphatic heterocycles. The van der Waals surface area contributed by atoms with Crippen molar-refractivity contribution in [3.63, 3.8) is 0 Å². The van der Waals surface area contributed by atoms with Crippen LogP contribution in [0.4, 0.5) is 11.4 Å². The Labute approximate surface area is 164 Å². The Bertz CT molecular complexity index is 875. The van der Waals surface area contributed by atoms with Gasteiger partial charge in [0.05, 0.1) is 32.2 Å². The smallest absolute Gasteiger partial charge is 0.289 e. The Morgan fingerprint density at radius 3 is 2.33 bits per heavy atom. The van der Waals surface area contributed by atoms with Crippen molar-refractivity contribution in [1.29, 1.82) is 0 Å². The van der Waals surface area contributed by atoms with Crippen molar-refractivity contribution < 1.29 is 14.6 Å². The van der Waals surface area contributed by atoms with Crippen LogP contribution < -0.4 is 0 Å². The van der Waals surface area contributed by atoms with Crippen LogP contribution in [-0.2, 0) is 4.74 Å². The van der Waals surface area contributed by atoms with Gasteiger partial charge in [-0.05, 0) is 31.2 Å². The summed E-state index contributed by atoms with van der Waals surface area (Å²) in [5.74, 6) is 0. The number of nitro benzene ring substituents is 2. The zero-order valence-electron chi connectivity index (χ0n) is 14.3. The quantitative estimate of drug-likeness (QED) is 0.377. The van der Waals surface area contributed by atoms with Gasteiger partial charge in [-0.15, -0.1) is 11.8 Å². The van der Waals surface area contributed by atoms with Gasteiger partial charge in [0, 0.05) is 11.0 Å². The molecule has 0 bridgehead atoms. The molecule has 140 valence electrons. The topological polar surface area (TPSA) is 95.5 Å². The summed E-state index contributed by atoms with van der Waals surface area (Å²) in [5, 5.41) is 22.0. The van der Waals surface area contributed by atoms with E-state index in [-0.39, 0.29) is 28.2 Å². The number of hydrogen-bond donors (Lipinski definition) is 0. The molecule has 3 atom stereocenters. The molecule has 3 rings (SSSR count). The van der Waals surface area contributed by atoms with E-state index >= 15 is 0 Å². The van der Waals surface area contributed by atoms with Crippen molar-refractivity contribution in [2.24, 2.45) is 0 Å². The number of hydrogen-bond acceptors (Lipinski definition) is 7. The lowest BCUT2D eigenvalue weighted by atomic mass is 10.2. The van der Waals surface area contributed by atoms with Crippen molar-refractivity contribution in [1.82, 2.24) is 0 Å². The standard InChI is InChI=1S/C18H16N2O5S2/c1-12-16(9-10-18(25-12)26-14-5-3-2-4-6-14)27-17-8-7-13(19(21)22)11-15(17)20(23)24/h2-12,16,18H,1H3/t12-,16+,18-/m1/s1. The van der Waals surface area contributed by atoms with Crippen LogP contribution in [0.1, 0.15) is 6.92 Å². The third-order valence-electron chi connectivity index (χ3n) is 3.88. The molecule has 1 aliphatic rings. The van der Waals surface area contributed by atoms with Gasteiger partial charge < -0.3 is 4.74 Å². The molecule has 0 saturated carbocycles. The van der Waals surface area contributed by atoms with Gasteiger partial charge in [-0.25, -0.2) is 0 Å². The van der Waals surface area contributed by atoms with Crippen LogP contribution in [0.2, 0.25) is 0 Å². The number of ether oxygens (including phenoxy) is 1. The Morgan fingerprint density at radius 1 is 0.963 bits per heavy atom. The fraction of sp³-hybridized carbons (Fsp3) is 0.222. The van der Waals surface area contributed by atoms with Gasteiger partial charge in [0.15, 0.2) is 0 Å². The molecule has 0 fully saturated rings. The van der Waals surface area contributed by atoms with Crippen molar-refractivity contribution in [3.05, 3.63) is 80.9 Å². The van der Waals surface area contributed by atoms with E-state index in [0.717, 1.165) is 11.0 Å². The largest absolute Gasteiger partial charge is 0.359 e. The maximum atomic E-state index is 11.3. The molecule has 0 aromatic heterocycles. The van der Waals surface area contributed by atoms with E-state index in [4.69, 9.17) is 4.74 Å². The lowest BCUT2D eigenvalue weighted by Crippen LogP contribution is -2.29. The van der Waals surface area contributed by atoms with Crippen LogP contribution in [0.15, 0.2) is 70.5 Å². The van der Waals surface area contributed by atoms with E-state index in [1.54, 1.807) is 11.8 Å². The minimum Gasteiger partial charge on any atom is -0.359 e. The number of thioether (sulfide) groups is 2. The van der Waals surface area contributed by atoms with Crippen LogP contribution in [0.3, 0.4) is 0 Å². The highest BCUT2D eigenvalue weighted by molar-refractivity contribution is 8.00. The molecule has 9 heteroatoms. The average molecular weight is 404 g/mol. The molecule has 0 spiro atoms. The molecule has 0 N–H and O–H groups in total. The maximum absolute atomic E-state index is 11.3. The van der Waals surface area contributed by atoms with Gasteiger partial charge in [0.2, 0.25) is 0 Å². The molecule has 0 amide bonds. The predicted octanol–water partition coefficient (Wildman–Crippen LogP) is 5.06. The first-order chi connectivity index (χ1) is 12.9. The van der Waals surface area contributed by atoms with Crippen molar-refractivity contribution in [2.75, 3.05) is 0 Å². The molecule has 0 radical (unpaired) electrons. The first-order valence-corrected chi connectivity index (χ1v) is 9.85. The summed E-state index contributed by atoms with van der Waals surface area (Å²) < 4.78 is 6.01. The second kappa shape index (κ2) is 8.55.